The second-order valence-corrected chi connectivity index (χ2v) is 6.10. The van der Waals surface area contributed by atoms with E-state index in [1.165, 1.54) is 0 Å². The quantitative estimate of drug-likeness (QED) is 0.807. The van der Waals surface area contributed by atoms with Crippen molar-refractivity contribution in [3.8, 4) is 11.5 Å². The Balaban J connectivity index is 0.00000242. The number of rotatable bonds is 6. The molecule has 0 aromatic heterocycles. The van der Waals surface area contributed by atoms with Gasteiger partial charge in [-0.3, -0.25) is 4.79 Å². The number of halogens is 2. The fourth-order valence-corrected chi connectivity index (χ4v) is 2.74. The van der Waals surface area contributed by atoms with E-state index >= 15 is 0 Å². The van der Waals surface area contributed by atoms with Gasteiger partial charge in [0.25, 0.3) is 0 Å². The molecule has 1 aromatic rings. The Morgan fingerprint density at radius 2 is 2.18 bits per heavy atom. The summed E-state index contributed by atoms with van der Waals surface area (Å²) in [5.41, 5.74) is 6.67. The molecule has 0 aliphatic carbocycles. The molecule has 124 valence electrons. The van der Waals surface area contributed by atoms with Gasteiger partial charge >= 0.3 is 0 Å². The third-order valence-corrected chi connectivity index (χ3v) is 4.02. The number of benzene rings is 1. The highest BCUT2D eigenvalue weighted by atomic mass is 35.5. The van der Waals surface area contributed by atoms with Crippen LogP contribution < -0.4 is 20.5 Å². The molecule has 0 radical (unpaired) electrons. The van der Waals surface area contributed by atoms with E-state index in [2.05, 4.69) is 5.32 Å². The highest BCUT2D eigenvalue weighted by Gasteiger charge is 2.17. The zero-order valence-electron chi connectivity index (χ0n) is 12.3. The Labute approximate surface area is 145 Å². The molecule has 8 heteroatoms. The van der Waals surface area contributed by atoms with Crippen LogP contribution in [0.15, 0.2) is 12.1 Å². The normalized spacial score (nSPS) is 14.0. The van der Waals surface area contributed by atoms with Gasteiger partial charge in [-0.05, 0) is 36.1 Å². The first kappa shape index (κ1) is 19.2. The summed E-state index contributed by atoms with van der Waals surface area (Å²) in [7, 11) is 0. The van der Waals surface area contributed by atoms with E-state index in [9.17, 15) is 4.79 Å². The third kappa shape index (κ3) is 5.12. The molecule has 1 aliphatic rings. The molecule has 1 heterocycles. The third-order valence-electron chi connectivity index (χ3n) is 3.09. The molecule has 0 bridgehead atoms. The Bertz CT molecular complexity index is 517. The van der Waals surface area contributed by atoms with Crippen molar-refractivity contribution in [3.63, 3.8) is 0 Å². The predicted molar refractivity (Wildman–Crippen MR) is 92.5 cm³/mol. The number of hydrogen-bond donors (Lipinski definition) is 2. The van der Waals surface area contributed by atoms with Crippen LogP contribution in [0.1, 0.15) is 12.0 Å². The zero-order chi connectivity index (χ0) is 15.2. The highest BCUT2D eigenvalue weighted by Crippen LogP contribution is 2.38. The van der Waals surface area contributed by atoms with Crippen LogP contribution in [0.4, 0.5) is 0 Å². The van der Waals surface area contributed by atoms with Gasteiger partial charge in [0.1, 0.15) is 13.2 Å². The van der Waals surface area contributed by atoms with Gasteiger partial charge in [0.05, 0.1) is 11.1 Å². The average molecular weight is 367 g/mol. The summed E-state index contributed by atoms with van der Waals surface area (Å²) in [5.74, 6) is 1.89. The lowest BCUT2D eigenvalue weighted by Crippen LogP contribution is -2.40. The predicted octanol–water partition coefficient (Wildman–Crippen LogP) is 2.23. The summed E-state index contributed by atoms with van der Waals surface area (Å²) in [6.07, 6.45) is 2.65. The van der Waals surface area contributed by atoms with E-state index in [1.54, 1.807) is 17.8 Å². The minimum atomic E-state index is -0.481. The number of hydrogen-bond acceptors (Lipinski definition) is 5. The molecule has 3 N–H and O–H groups in total. The summed E-state index contributed by atoms with van der Waals surface area (Å²) in [6.45, 7) is 1.36. The number of ether oxygens (including phenoxy) is 2. The molecule has 0 spiro atoms. The largest absolute Gasteiger partial charge is 0.486 e. The van der Waals surface area contributed by atoms with Crippen molar-refractivity contribution in [1.82, 2.24) is 5.32 Å². The van der Waals surface area contributed by atoms with Crippen LogP contribution in [0.25, 0.3) is 0 Å². The van der Waals surface area contributed by atoms with Crippen LogP contribution in [0.3, 0.4) is 0 Å². The number of nitrogens with two attached hydrogens (primary N) is 1. The van der Waals surface area contributed by atoms with Crippen LogP contribution in [0.2, 0.25) is 5.02 Å². The molecule has 22 heavy (non-hydrogen) atoms. The Morgan fingerprint density at radius 3 is 2.91 bits per heavy atom. The molecule has 0 unspecified atom stereocenters. The molecule has 1 aromatic carbocycles. The SMILES string of the molecule is CSCC[C@H](N)C(=O)NCc1cc(Cl)c2c(c1)OCCO2.Cl. The maximum absolute atomic E-state index is 11.9. The summed E-state index contributed by atoms with van der Waals surface area (Å²) in [4.78, 5) is 11.9. The molecular formula is C14H20Cl2N2O3S. The van der Waals surface area contributed by atoms with Gasteiger partial charge in [-0.15, -0.1) is 12.4 Å². The highest BCUT2D eigenvalue weighted by molar-refractivity contribution is 7.98. The van der Waals surface area contributed by atoms with Gasteiger partial charge in [0, 0.05) is 6.54 Å². The van der Waals surface area contributed by atoms with Gasteiger partial charge in [-0.25, -0.2) is 0 Å². The van der Waals surface area contributed by atoms with E-state index in [0.29, 0.717) is 42.7 Å². The van der Waals surface area contributed by atoms with Crippen molar-refractivity contribution in [3.05, 3.63) is 22.7 Å². The fraction of sp³-hybridized carbons (Fsp3) is 0.500. The zero-order valence-corrected chi connectivity index (χ0v) is 14.7. The maximum Gasteiger partial charge on any atom is 0.237 e. The Kier molecular flexibility index (Phi) is 8.17. The first-order valence-corrected chi connectivity index (χ1v) is 8.49. The molecular weight excluding hydrogens is 347 g/mol. The molecule has 2 rings (SSSR count). The minimum Gasteiger partial charge on any atom is -0.486 e. The molecule has 1 amide bonds. The number of carbonyl (C=O) groups excluding carboxylic acids is 1. The number of thioether (sulfide) groups is 1. The lowest BCUT2D eigenvalue weighted by atomic mass is 10.1. The fourth-order valence-electron chi connectivity index (χ4n) is 1.96. The number of nitrogens with one attached hydrogen (secondary N) is 1. The van der Waals surface area contributed by atoms with Gasteiger partial charge < -0.3 is 20.5 Å². The number of amides is 1. The van der Waals surface area contributed by atoms with Crippen molar-refractivity contribution < 1.29 is 14.3 Å². The summed E-state index contributed by atoms with van der Waals surface area (Å²) in [6, 6.07) is 3.11. The molecule has 5 nitrogen and oxygen atoms in total. The number of fused-ring (bicyclic) bond motifs is 1. The lowest BCUT2D eigenvalue weighted by molar-refractivity contribution is -0.122. The van der Waals surface area contributed by atoms with Gasteiger partial charge in [0.15, 0.2) is 11.5 Å². The molecule has 0 saturated heterocycles. The van der Waals surface area contributed by atoms with Crippen LogP contribution >= 0.6 is 35.8 Å². The average Bonchev–Trinajstić information content (AvgIpc) is 2.50. The van der Waals surface area contributed by atoms with Gasteiger partial charge in [-0.1, -0.05) is 11.6 Å². The van der Waals surface area contributed by atoms with Crippen molar-refractivity contribution in [1.29, 1.82) is 0 Å². The van der Waals surface area contributed by atoms with Crippen molar-refractivity contribution in [2.75, 3.05) is 25.2 Å². The van der Waals surface area contributed by atoms with Crippen molar-refractivity contribution >= 4 is 41.7 Å². The standard InChI is InChI=1S/C14H19ClN2O3S.ClH/c1-21-5-2-11(16)14(18)17-8-9-6-10(15)13-12(7-9)19-3-4-20-13;/h6-7,11H,2-5,8,16H2,1H3,(H,17,18);1H/t11-;/m0./s1. The maximum atomic E-state index is 11.9. The van der Waals surface area contributed by atoms with E-state index in [-0.39, 0.29) is 18.3 Å². The van der Waals surface area contributed by atoms with Crippen LogP contribution in [0, 0.1) is 0 Å². The smallest absolute Gasteiger partial charge is 0.237 e. The summed E-state index contributed by atoms with van der Waals surface area (Å²) in [5, 5.41) is 3.30. The van der Waals surface area contributed by atoms with E-state index in [4.69, 9.17) is 26.8 Å². The first-order valence-electron chi connectivity index (χ1n) is 6.72. The second kappa shape index (κ2) is 9.35. The van der Waals surface area contributed by atoms with Crippen molar-refractivity contribution in [2.45, 2.75) is 19.0 Å². The summed E-state index contributed by atoms with van der Waals surface area (Å²) >= 11 is 7.82. The van der Waals surface area contributed by atoms with E-state index < -0.39 is 6.04 Å². The topological polar surface area (TPSA) is 73.6 Å². The molecule has 0 saturated carbocycles. The summed E-state index contributed by atoms with van der Waals surface area (Å²) < 4.78 is 11.0. The van der Waals surface area contributed by atoms with Gasteiger partial charge in [0.2, 0.25) is 5.91 Å². The number of carbonyl (C=O) groups is 1. The van der Waals surface area contributed by atoms with Crippen LogP contribution in [0.5, 0.6) is 11.5 Å². The monoisotopic (exact) mass is 366 g/mol. The molecule has 0 fully saturated rings. The van der Waals surface area contributed by atoms with Crippen LogP contribution in [-0.4, -0.2) is 37.2 Å². The minimum absolute atomic E-state index is 0. The Hall–Kier alpha value is -0.820. The van der Waals surface area contributed by atoms with E-state index in [1.807, 2.05) is 12.3 Å². The van der Waals surface area contributed by atoms with Crippen molar-refractivity contribution in [2.24, 2.45) is 5.73 Å². The van der Waals surface area contributed by atoms with E-state index in [0.717, 1.165) is 11.3 Å². The molecule has 1 atom stereocenters. The lowest BCUT2D eigenvalue weighted by Gasteiger charge is -2.20. The van der Waals surface area contributed by atoms with Crippen LogP contribution in [-0.2, 0) is 11.3 Å². The Morgan fingerprint density at radius 1 is 1.45 bits per heavy atom. The van der Waals surface area contributed by atoms with Gasteiger partial charge in [-0.2, -0.15) is 11.8 Å². The second-order valence-electron chi connectivity index (χ2n) is 4.71. The molecule has 1 aliphatic heterocycles. The first-order chi connectivity index (χ1) is 10.1.